The Bertz CT molecular complexity index is 852. The number of aryl methyl sites for hydroxylation is 2. The summed E-state index contributed by atoms with van der Waals surface area (Å²) in [6, 6.07) is 5.97. The highest BCUT2D eigenvalue weighted by Gasteiger charge is 2.55. The van der Waals surface area contributed by atoms with Crippen molar-refractivity contribution in [3.05, 3.63) is 34.9 Å². The van der Waals surface area contributed by atoms with Gasteiger partial charge in [-0.2, -0.15) is 0 Å². The van der Waals surface area contributed by atoms with Crippen LogP contribution < -0.4 is 0 Å². The first kappa shape index (κ1) is 21.1. The fraction of sp³-hybridized carbons (Fsp3) is 0.667. The summed E-state index contributed by atoms with van der Waals surface area (Å²) in [4.78, 5) is 12.7. The zero-order chi connectivity index (χ0) is 20.9. The second-order valence-corrected chi connectivity index (χ2v) is 11.5. The zero-order valence-electron chi connectivity index (χ0n) is 17.5. The minimum Gasteiger partial charge on any atom is -0.465 e. The second kappa shape index (κ2) is 7.34. The molecule has 2 aliphatic heterocycles. The third kappa shape index (κ3) is 3.79. The number of hydrogen-bond donors (Lipinski definition) is 1. The number of hydrogen-bond acceptors (Lipinski definition) is 3. The number of amides is 1. The second-order valence-electron chi connectivity index (χ2n) is 9.36. The van der Waals surface area contributed by atoms with Crippen LogP contribution in [0.3, 0.4) is 0 Å². The van der Waals surface area contributed by atoms with E-state index in [1.165, 1.54) is 21.6 Å². The number of rotatable bonds is 3. The van der Waals surface area contributed by atoms with Crippen LogP contribution in [-0.2, 0) is 10.0 Å². The van der Waals surface area contributed by atoms with E-state index >= 15 is 0 Å². The molecular weight excluding hydrogens is 376 g/mol. The smallest absolute Gasteiger partial charge is 0.407 e. The van der Waals surface area contributed by atoms with E-state index in [9.17, 15) is 18.3 Å². The molecule has 0 spiro atoms. The number of nitrogens with zero attached hydrogens (tertiary/aromatic N) is 2. The maximum Gasteiger partial charge on any atom is 0.407 e. The van der Waals surface area contributed by atoms with Gasteiger partial charge in [-0.05, 0) is 49.1 Å². The Hall–Kier alpha value is -1.60. The Kier molecular flexibility index (Phi) is 5.53. The lowest BCUT2D eigenvalue weighted by atomic mass is 9.79. The number of piperidine rings is 1. The van der Waals surface area contributed by atoms with E-state index in [0.29, 0.717) is 19.0 Å². The van der Waals surface area contributed by atoms with Gasteiger partial charge in [-0.1, -0.05) is 44.5 Å². The molecule has 0 aliphatic carbocycles. The lowest BCUT2D eigenvalue weighted by Gasteiger charge is -2.53. The van der Waals surface area contributed by atoms with E-state index in [1.807, 2.05) is 20.8 Å². The third-order valence-electron chi connectivity index (χ3n) is 6.26. The Morgan fingerprint density at radius 1 is 1.14 bits per heavy atom. The minimum absolute atomic E-state index is 0.0661. The summed E-state index contributed by atoms with van der Waals surface area (Å²) in [7, 11) is -3.52. The van der Waals surface area contributed by atoms with Gasteiger partial charge >= 0.3 is 6.09 Å². The average molecular weight is 409 g/mol. The Morgan fingerprint density at radius 3 is 2.25 bits per heavy atom. The fourth-order valence-electron chi connectivity index (χ4n) is 4.85. The molecule has 1 aromatic carbocycles. The molecule has 1 amide bonds. The molecule has 0 bridgehead atoms. The summed E-state index contributed by atoms with van der Waals surface area (Å²) >= 11 is 0. The number of likely N-dealkylation sites (tertiary alicyclic amines) is 1. The maximum absolute atomic E-state index is 13.3. The molecule has 2 unspecified atom stereocenters. The minimum atomic E-state index is -3.52. The number of benzene rings is 1. The summed E-state index contributed by atoms with van der Waals surface area (Å²) in [5.74, 6) is 0.377. The molecule has 2 atom stereocenters. The van der Waals surface area contributed by atoms with Crippen LogP contribution in [0.15, 0.2) is 18.2 Å². The van der Waals surface area contributed by atoms with Gasteiger partial charge in [-0.3, -0.25) is 0 Å². The SMILES string of the molecule is Cc1ccc(C2CCN(S(=O)(=O)C3CN(C(=O)O)C3C(C)(C)C)CC2)c(C)c1. The van der Waals surface area contributed by atoms with Crippen LogP contribution in [0, 0.1) is 19.3 Å². The van der Waals surface area contributed by atoms with E-state index < -0.39 is 32.8 Å². The van der Waals surface area contributed by atoms with E-state index in [2.05, 4.69) is 32.0 Å². The maximum atomic E-state index is 13.3. The summed E-state index contributed by atoms with van der Waals surface area (Å²) in [5.41, 5.74) is 3.40. The normalized spacial score (nSPS) is 24.8. The number of carbonyl (C=O) groups is 1. The van der Waals surface area contributed by atoms with E-state index in [4.69, 9.17) is 0 Å². The van der Waals surface area contributed by atoms with E-state index in [0.717, 1.165) is 12.8 Å². The molecule has 7 heteroatoms. The monoisotopic (exact) mass is 408 g/mol. The predicted molar refractivity (Wildman–Crippen MR) is 110 cm³/mol. The van der Waals surface area contributed by atoms with Gasteiger partial charge < -0.3 is 10.0 Å². The van der Waals surface area contributed by atoms with Crippen molar-refractivity contribution in [2.24, 2.45) is 5.41 Å². The zero-order valence-corrected chi connectivity index (χ0v) is 18.3. The molecule has 1 aromatic rings. The molecule has 6 nitrogen and oxygen atoms in total. The molecule has 2 fully saturated rings. The number of carboxylic acid groups (broad SMARTS) is 1. The highest BCUT2D eigenvalue weighted by Crippen LogP contribution is 2.40. The van der Waals surface area contributed by atoms with Gasteiger partial charge in [0, 0.05) is 19.6 Å². The van der Waals surface area contributed by atoms with Crippen molar-refractivity contribution in [3.63, 3.8) is 0 Å². The van der Waals surface area contributed by atoms with Crippen molar-refractivity contribution in [3.8, 4) is 0 Å². The molecule has 2 saturated heterocycles. The van der Waals surface area contributed by atoms with Gasteiger partial charge in [0.2, 0.25) is 10.0 Å². The van der Waals surface area contributed by atoms with E-state index in [-0.39, 0.29) is 6.54 Å². The first-order chi connectivity index (χ1) is 12.9. The molecule has 0 radical (unpaired) electrons. The molecule has 1 N–H and O–H groups in total. The standard InChI is InChI=1S/C21H32N2O4S/c1-14-6-7-17(15(2)12-14)16-8-10-22(11-9-16)28(26,27)18-13-23(20(24)25)19(18)21(3,4)5/h6-7,12,16,18-19H,8-11,13H2,1-5H3,(H,24,25). The summed E-state index contributed by atoms with van der Waals surface area (Å²) in [5, 5.41) is 8.73. The van der Waals surface area contributed by atoms with Crippen molar-refractivity contribution in [2.75, 3.05) is 19.6 Å². The average Bonchev–Trinajstić information content (AvgIpc) is 2.51. The van der Waals surface area contributed by atoms with Crippen LogP contribution in [0.1, 0.15) is 56.2 Å². The van der Waals surface area contributed by atoms with Crippen molar-refractivity contribution in [1.82, 2.24) is 9.21 Å². The molecule has 0 saturated carbocycles. The highest BCUT2D eigenvalue weighted by molar-refractivity contribution is 7.89. The first-order valence-electron chi connectivity index (χ1n) is 9.98. The molecule has 2 aliphatic rings. The van der Waals surface area contributed by atoms with Gasteiger partial charge in [0.25, 0.3) is 0 Å². The lowest BCUT2D eigenvalue weighted by Crippen LogP contribution is -2.70. The van der Waals surface area contributed by atoms with Crippen LogP contribution in [0.5, 0.6) is 0 Å². The Morgan fingerprint density at radius 2 is 1.75 bits per heavy atom. The first-order valence-corrected chi connectivity index (χ1v) is 11.5. The molecule has 2 heterocycles. The van der Waals surface area contributed by atoms with Crippen molar-refractivity contribution in [1.29, 1.82) is 0 Å². The fourth-order valence-corrected chi connectivity index (χ4v) is 7.18. The molecular formula is C21H32N2O4S. The summed E-state index contributed by atoms with van der Waals surface area (Å²) in [6.45, 7) is 11.0. The van der Waals surface area contributed by atoms with Gasteiger partial charge in [0.05, 0.1) is 6.04 Å². The van der Waals surface area contributed by atoms with Crippen LogP contribution in [-0.4, -0.2) is 59.7 Å². The van der Waals surface area contributed by atoms with Crippen LogP contribution in [0.4, 0.5) is 4.79 Å². The quantitative estimate of drug-likeness (QED) is 0.829. The Labute approximate surface area is 168 Å². The third-order valence-corrected chi connectivity index (χ3v) is 8.52. The van der Waals surface area contributed by atoms with Crippen molar-refractivity contribution < 1.29 is 18.3 Å². The highest BCUT2D eigenvalue weighted by atomic mass is 32.2. The van der Waals surface area contributed by atoms with Crippen molar-refractivity contribution >= 4 is 16.1 Å². The van der Waals surface area contributed by atoms with Crippen LogP contribution in [0.25, 0.3) is 0 Å². The van der Waals surface area contributed by atoms with Gasteiger partial charge in [-0.15, -0.1) is 0 Å². The van der Waals surface area contributed by atoms with Crippen LogP contribution >= 0.6 is 0 Å². The lowest BCUT2D eigenvalue weighted by molar-refractivity contribution is 0.0218. The molecule has 3 rings (SSSR count). The summed E-state index contributed by atoms with van der Waals surface area (Å²) in [6.07, 6.45) is 0.567. The van der Waals surface area contributed by atoms with Crippen LogP contribution in [0.2, 0.25) is 0 Å². The number of sulfonamides is 1. The van der Waals surface area contributed by atoms with Gasteiger partial charge in [0.1, 0.15) is 5.25 Å². The van der Waals surface area contributed by atoms with Gasteiger partial charge in [-0.25, -0.2) is 17.5 Å². The molecule has 156 valence electrons. The largest absolute Gasteiger partial charge is 0.465 e. The van der Waals surface area contributed by atoms with Gasteiger partial charge in [0.15, 0.2) is 0 Å². The van der Waals surface area contributed by atoms with Crippen molar-refractivity contribution in [2.45, 2.75) is 64.7 Å². The topological polar surface area (TPSA) is 77.9 Å². The predicted octanol–water partition coefficient (Wildman–Crippen LogP) is 3.59. The van der Waals surface area contributed by atoms with E-state index in [1.54, 1.807) is 4.31 Å². The molecule has 0 aromatic heterocycles. The summed E-state index contributed by atoms with van der Waals surface area (Å²) < 4.78 is 28.1. The Balaban J connectivity index is 1.72. The molecule has 28 heavy (non-hydrogen) atoms.